The molecule has 3 N–H and O–H groups in total. The van der Waals surface area contributed by atoms with Gasteiger partial charge in [-0.2, -0.15) is 0 Å². The van der Waals surface area contributed by atoms with Gasteiger partial charge in [-0.05, 0) is 49.1 Å². The number of amides is 1. The minimum atomic E-state index is -0.643. The lowest BCUT2D eigenvalue weighted by Gasteiger charge is -2.19. The van der Waals surface area contributed by atoms with Gasteiger partial charge < -0.3 is 16.0 Å². The summed E-state index contributed by atoms with van der Waals surface area (Å²) in [6.45, 7) is 4.38. The first kappa shape index (κ1) is 23.2. The summed E-state index contributed by atoms with van der Waals surface area (Å²) >= 11 is 0. The molecule has 7 heteroatoms. The molecule has 1 aliphatic heterocycles. The molecule has 0 saturated carbocycles. The van der Waals surface area contributed by atoms with Gasteiger partial charge in [0.2, 0.25) is 5.91 Å². The summed E-state index contributed by atoms with van der Waals surface area (Å²) in [4.78, 5) is 14.5. The van der Waals surface area contributed by atoms with E-state index in [1.165, 1.54) is 12.1 Å². The van der Waals surface area contributed by atoms with Crippen molar-refractivity contribution in [3.8, 4) is 0 Å². The second kappa shape index (κ2) is 10.5. The molecule has 4 nitrogen and oxygen atoms in total. The molecule has 1 heterocycles. The molecule has 27 heavy (non-hydrogen) atoms. The number of benzene rings is 2. The van der Waals surface area contributed by atoms with E-state index in [1.54, 1.807) is 12.1 Å². The monoisotopic (exact) mass is 413 g/mol. The Labute approximate surface area is 172 Å². The summed E-state index contributed by atoms with van der Waals surface area (Å²) < 4.78 is 13.0. The summed E-state index contributed by atoms with van der Waals surface area (Å²) in [7, 11) is 0. The number of halogens is 3. The van der Waals surface area contributed by atoms with Gasteiger partial charge in [0, 0.05) is 25.3 Å². The first-order valence-corrected chi connectivity index (χ1v) is 8.63. The molecule has 2 aromatic rings. The summed E-state index contributed by atoms with van der Waals surface area (Å²) in [5, 5.41) is 2.97. The Balaban J connectivity index is 0.00000182. The lowest BCUT2D eigenvalue weighted by Crippen LogP contribution is -2.37. The van der Waals surface area contributed by atoms with Crippen molar-refractivity contribution >= 4 is 36.4 Å². The number of nitrogens with two attached hydrogens (primary N) is 1. The Morgan fingerprint density at radius 2 is 1.81 bits per heavy atom. The second-order valence-corrected chi connectivity index (χ2v) is 6.71. The molecular weight excluding hydrogens is 388 g/mol. The molecule has 0 spiro atoms. The highest BCUT2D eigenvalue weighted by Gasteiger charge is 2.24. The van der Waals surface area contributed by atoms with Crippen LogP contribution < -0.4 is 16.0 Å². The Hall–Kier alpha value is -1.82. The fraction of sp³-hybridized carbons (Fsp3) is 0.350. The molecule has 2 atom stereocenters. The smallest absolute Gasteiger partial charge is 0.241 e. The van der Waals surface area contributed by atoms with Gasteiger partial charge in [0.15, 0.2) is 0 Å². The summed E-state index contributed by atoms with van der Waals surface area (Å²) in [6.07, 6.45) is 0.997. The van der Waals surface area contributed by atoms with E-state index in [9.17, 15) is 9.18 Å². The molecule has 0 aromatic heterocycles. The first-order chi connectivity index (χ1) is 12.0. The highest BCUT2D eigenvalue weighted by molar-refractivity contribution is 5.85. The molecule has 1 fully saturated rings. The van der Waals surface area contributed by atoms with Gasteiger partial charge in [0.05, 0.1) is 0 Å². The third kappa shape index (κ3) is 6.09. The molecule has 0 bridgehead atoms. The Bertz CT molecular complexity index is 725. The maximum atomic E-state index is 13.0. The summed E-state index contributed by atoms with van der Waals surface area (Å²) in [6, 6.07) is 13.6. The van der Waals surface area contributed by atoms with E-state index in [1.807, 2.05) is 31.2 Å². The number of nitrogens with zero attached hydrogens (tertiary/aromatic N) is 1. The minimum Gasteiger partial charge on any atom is -0.371 e. The van der Waals surface area contributed by atoms with Gasteiger partial charge in [-0.1, -0.05) is 29.8 Å². The van der Waals surface area contributed by atoms with Crippen molar-refractivity contribution in [1.29, 1.82) is 0 Å². The minimum absolute atomic E-state index is 0. The summed E-state index contributed by atoms with van der Waals surface area (Å²) in [5.41, 5.74) is 9.03. The van der Waals surface area contributed by atoms with Gasteiger partial charge in [-0.3, -0.25) is 4.79 Å². The van der Waals surface area contributed by atoms with Crippen molar-refractivity contribution in [2.24, 2.45) is 11.7 Å². The van der Waals surface area contributed by atoms with E-state index in [4.69, 9.17) is 5.73 Å². The molecule has 3 rings (SSSR count). The zero-order chi connectivity index (χ0) is 17.8. The molecule has 0 aliphatic carbocycles. The quantitative estimate of drug-likeness (QED) is 0.786. The highest BCUT2D eigenvalue weighted by Crippen LogP contribution is 2.23. The topological polar surface area (TPSA) is 58.4 Å². The third-order valence-electron chi connectivity index (χ3n) is 4.76. The van der Waals surface area contributed by atoms with Gasteiger partial charge >= 0.3 is 0 Å². The van der Waals surface area contributed by atoms with Crippen LogP contribution in [0, 0.1) is 18.7 Å². The van der Waals surface area contributed by atoms with Gasteiger partial charge in [-0.15, -0.1) is 24.8 Å². The number of carbonyl (C=O) groups is 1. The molecule has 0 radical (unpaired) electrons. The number of aryl methyl sites for hydroxylation is 1. The van der Waals surface area contributed by atoms with Crippen LogP contribution in [0.1, 0.15) is 23.6 Å². The van der Waals surface area contributed by atoms with E-state index in [0.29, 0.717) is 12.5 Å². The third-order valence-corrected chi connectivity index (χ3v) is 4.76. The van der Waals surface area contributed by atoms with Crippen LogP contribution in [0.25, 0.3) is 0 Å². The van der Waals surface area contributed by atoms with Crippen LogP contribution in [0.15, 0.2) is 48.5 Å². The SMILES string of the molecule is Cc1ccc(C(N)C(=O)NCC2CCN(c3ccc(F)cc3)C2)cc1.Cl.Cl. The number of hydrogen-bond donors (Lipinski definition) is 2. The molecule has 1 saturated heterocycles. The van der Waals surface area contributed by atoms with Crippen LogP contribution in [0.5, 0.6) is 0 Å². The van der Waals surface area contributed by atoms with E-state index < -0.39 is 6.04 Å². The lowest BCUT2D eigenvalue weighted by molar-refractivity contribution is -0.122. The predicted octanol–water partition coefficient (Wildman–Crippen LogP) is 3.62. The average molecular weight is 414 g/mol. The van der Waals surface area contributed by atoms with Crippen molar-refractivity contribution in [1.82, 2.24) is 5.32 Å². The van der Waals surface area contributed by atoms with Crippen LogP contribution in [-0.4, -0.2) is 25.5 Å². The molecule has 2 aromatic carbocycles. The van der Waals surface area contributed by atoms with Crippen LogP contribution in [0.4, 0.5) is 10.1 Å². The normalized spacial score (nSPS) is 16.9. The molecule has 148 valence electrons. The van der Waals surface area contributed by atoms with E-state index in [2.05, 4.69) is 10.2 Å². The van der Waals surface area contributed by atoms with Gasteiger partial charge in [0.1, 0.15) is 11.9 Å². The number of anilines is 1. The predicted molar refractivity (Wildman–Crippen MR) is 112 cm³/mol. The van der Waals surface area contributed by atoms with Crippen LogP contribution >= 0.6 is 24.8 Å². The molecule has 1 aliphatic rings. The Morgan fingerprint density at radius 3 is 2.44 bits per heavy atom. The van der Waals surface area contributed by atoms with Crippen molar-refractivity contribution in [2.75, 3.05) is 24.5 Å². The van der Waals surface area contributed by atoms with Crippen molar-refractivity contribution in [2.45, 2.75) is 19.4 Å². The number of carbonyl (C=O) groups excluding carboxylic acids is 1. The maximum Gasteiger partial charge on any atom is 0.241 e. The largest absolute Gasteiger partial charge is 0.371 e. The zero-order valence-corrected chi connectivity index (χ0v) is 16.9. The van der Waals surface area contributed by atoms with Gasteiger partial charge in [-0.25, -0.2) is 4.39 Å². The summed E-state index contributed by atoms with van der Waals surface area (Å²) in [5.74, 6) is 0.000148. The lowest BCUT2D eigenvalue weighted by atomic mass is 10.0. The van der Waals surface area contributed by atoms with E-state index >= 15 is 0 Å². The van der Waals surface area contributed by atoms with Crippen molar-refractivity contribution in [3.05, 3.63) is 65.5 Å². The van der Waals surface area contributed by atoms with Gasteiger partial charge in [0.25, 0.3) is 0 Å². The number of hydrogen-bond acceptors (Lipinski definition) is 3. The number of rotatable bonds is 5. The molecular formula is C20H26Cl2FN3O. The zero-order valence-electron chi connectivity index (χ0n) is 15.2. The number of nitrogens with one attached hydrogen (secondary N) is 1. The highest BCUT2D eigenvalue weighted by atomic mass is 35.5. The van der Waals surface area contributed by atoms with E-state index in [-0.39, 0.29) is 36.5 Å². The average Bonchev–Trinajstić information content (AvgIpc) is 3.09. The Kier molecular flexibility index (Phi) is 9.03. The van der Waals surface area contributed by atoms with Crippen LogP contribution in [0.2, 0.25) is 0 Å². The van der Waals surface area contributed by atoms with Crippen LogP contribution in [-0.2, 0) is 4.79 Å². The first-order valence-electron chi connectivity index (χ1n) is 8.63. The van der Waals surface area contributed by atoms with Crippen molar-refractivity contribution in [3.63, 3.8) is 0 Å². The van der Waals surface area contributed by atoms with Crippen molar-refractivity contribution < 1.29 is 9.18 Å². The standard InChI is InChI=1S/C20H24FN3O.2ClH/c1-14-2-4-16(5-3-14)19(22)20(25)23-12-15-10-11-24(13-15)18-8-6-17(21)7-9-18;;/h2-9,15,19H,10-13,22H2,1H3,(H,23,25);2*1H. The van der Waals surface area contributed by atoms with Crippen LogP contribution in [0.3, 0.4) is 0 Å². The second-order valence-electron chi connectivity index (χ2n) is 6.71. The molecule has 2 unspecified atom stereocenters. The molecule has 1 amide bonds. The van der Waals surface area contributed by atoms with E-state index in [0.717, 1.165) is 36.3 Å². The Morgan fingerprint density at radius 1 is 1.19 bits per heavy atom. The maximum absolute atomic E-state index is 13.0. The fourth-order valence-corrected chi connectivity index (χ4v) is 3.17. The fourth-order valence-electron chi connectivity index (χ4n) is 3.17.